The second-order valence-corrected chi connectivity index (χ2v) is 5.79. The van der Waals surface area contributed by atoms with Gasteiger partial charge in [-0.05, 0) is 13.0 Å². The highest BCUT2D eigenvalue weighted by Gasteiger charge is 2.12. The van der Waals surface area contributed by atoms with Crippen LogP contribution in [0.25, 0.3) is 16.0 Å². The molecule has 0 fully saturated rings. The smallest absolute Gasteiger partial charge is 0.185 e. The molecule has 1 N–H and O–H groups in total. The van der Waals surface area contributed by atoms with Crippen molar-refractivity contribution >= 4 is 32.5 Å². The fourth-order valence-corrected chi connectivity index (χ4v) is 3.26. The third-order valence-corrected chi connectivity index (χ3v) is 4.44. The number of nitrogens with one attached hydrogen (secondary N) is 1. The molecule has 0 unspecified atom stereocenters. The molecule has 4 aromatic rings. The van der Waals surface area contributed by atoms with Crippen LogP contribution >= 0.6 is 11.3 Å². The molecule has 0 aliphatic carbocycles. The minimum absolute atomic E-state index is 0.646. The maximum atomic E-state index is 4.57. The van der Waals surface area contributed by atoms with E-state index in [2.05, 4.69) is 25.5 Å². The monoisotopic (exact) mass is 299 g/mol. The Morgan fingerprint density at radius 3 is 3.10 bits per heavy atom. The van der Waals surface area contributed by atoms with Gasteiger partial charge >= 0.3 is 0 Å². The van der Waals surface area contributed by atoms with Crippen LogP contribution in [-0.4, -0.2) is 29.4 Å². The molecular weight excluding hydrogens is 286 g/mol. The Morgan fingerprint density at radius 2 is 2.24 bits per heavy atom. The maximum Gasteiger partial charge on any atom is 0.185 e. The van der Waals surface area contributed by atoms with Gasteiger partial charge in [0, 0.05) is 31.5 Å². The topological polar surface area (TPSA) is 72.9 Å². The van der Waals surface area contributed by atoms with Gasteiger partial charge in [-0.1, -0.05) is 11.3 Å². The second kappa shape index (κ2) is 4.52. The van der Waals surface area contributed by atoms with Gasteiger partial charge in [0.15, 0.2) is 16.4 Å². The van der Waals surface area contributed by atoms with Gasteiger partial charge in [0.1, 0.15) is 0 Å². The van der Waals surface area contributed by atoms with E-state index in [-0.39, 0.29) is 0 Å². The van der Waals surface area contributed by atoms with Crippen molar-refractivity contribution in [2.75, 3.05) is 5.32 Å². The van der Waals surface area contributed by atoms with Crippen molar-refractivity contribution < 1.29 is 0 Å². The average molecular weight is 299 g/mol. The van der Waals surface area contributed by atoms with Crippen LogP contribution in [0.2, 0.25) is 0 Å². The zero-order valence-electron chi connectivity index (χ0n) is 11.6. The molecule has 106 valence electrons. The molecule has 21 heavy (non-hydrogen) atoms. The minimum Gasteiger partial charge on any atom is -0.357 e. The van der Waals surface area contributed by atoms with Crippen molar-refractivity contribution in [1.29, 1.82) is 0 Å². The minimum atomic E-state index is 0.646. The standard InChI is InChI=1S/C13H13N7S/c1-8-10-12(19(2)18-8)17-13(21-10)15-6-9-7-16-20-5-3-4-14-11(9)20/h3-5,7H,6H2,1-2H3,(H,15,17). The molecular formula is C13H13N7S. The van der Waals surface area contributed by atoms with Crippen LogP contribution in [0.3, 0.4) is 0 Å². The van der Waals surface area contributed by atoms with Gasteiger partial charge in [0.05, 0.1) is 16.6 Å². The van der Waals surface area contributed by atoms with Crippen LogP contribution in [0.5, 0.6) is 0 Å². The molecule has 0 aromatic carbocycles. The second-order valence-electron chi connectivity index (χ2n) is 4.79. The first kappa shape index (κ1) is 12.3. The lowest BCUT2D eigenvalue weighted by Gasteiger charge is -2.00. The van der Waals surface area contributed by atoms with Gasteiger partial charge in [-0.25, -0.2) is 19.2 Å². The molecule has 4 heterocycles. The van der Waals surface area contributed by atoms with Crippen LogP contribution in [0.4, 0.5) is 5.13 Å². The normalized spacial score (nSPS) is 11.5. The summed E-state index contributed by atoms with van der Waals surface area (Å²) in [5.41, 5.74) is 3.84. The fourth-order valence-electron chi connectivity index (χ4n) is 2.33. The van der Waals surface area contributed by atoms with Gasteiger partial charge in [-0.2, -0.15) is 10.2 Å². The van der Waals surface area contributed by atoms with Crippen LogP contribution in [0.15, 0.2) is 24.7 Å². The third kappa shape index (κ3) is 1.95. The zero-order valence-corrected chi connectivity index (χ0v) is 12.4. The first-order valence-corrected chi connectivity index (χ1v) is 7.35. The van der Waals surface area contributed by atoms with Gasteiger partial charge in [-0.15, -0.1) is 0 Å². The highest BCUT2D eigenvalue weighted by atomic mass is 32.1. The summed E-state index contributed by atoms with van der Waals surface area (Å²) in [7, 11) is 1.91. The first-order chi connectivity index (χ1) is 10.2. The van der Waals surface area contributed by atoms with Crippen molar-refractivity contribution in [3.63, 3.8) is 0 Å². The Balaban J connectivity index is 1.62. The number of anilines is 1. The van der Waals surface area contributed by atoms with Crippen LogP contribution < -0.4 is 5.32 Å². The van der Waals surface area contributed by atoms with Gasteiger partial charge in [0.25, 0.3) is 0 Å². The van der Waals surface area contributed by atoms with E-state index < -0.39 is 0 Å². The predicted molar refractivity (Wildman–Crippen MR) is 81.4 cm³/mol. The van der Waals surface area contributed by atoms with E-state index in [9.17, 15) is 0 Å². The molecule has 4 aromatic heterocycles. The van der Waals surface area contributed by atoms with E-state index in [1.807, 2.05) is 37.1 Å². The molecule has 0 atom stereocenters. The van der Waals surface area contributed by atoms with E-state index in [1.54, 1.807) is 22.0 Å². The van der Waals surface area contributed by atoms with Crippen LogP contribution in [-0.2, 0) is 13.6 Å². The Kier molecular flexibility index (Phi) is 2.64. The largest absolute Gasteiger partial charge is 0.357 e. The number of aromatic nitrogens is 6. The lowest BCUT2D eigenvalue weighted by atomic mass is 10.3. The summed E-state index contributed by atoms with van der Waals surface area (Å²) in [6, 6.07) is 1.86. The summed E-state index contributed by atoms with van der Waals surface area (Å²) in [5, 5.41) is 12.9. The fraction of sp³-hybridized carbons (Fsp3) is 0.231. The highest BCUT2D eigenvalue weighted by molar-refractivity contribution is 7.22. The number of hydrogen-bond acceptors (Lipinski definition) is 6. The van der Waals surface area contributed by atoms with Gasteiger partial charge < -0.3 is 5.32 Å². The van der Waals surface area contributed by atoms with Crippen molar-refractivity contribution in [3.05, 3.63) is 35.9 Å². The Labute approximate surface area is 124 Å². The summed E-state index contributed by atoms with van der Waals surface area (Å²) in [4.78, 5) is 8.92. The first-order valence-electron chi connectivity index (χ1n) is 6.53. The molecule has 0 saturated carbocycles. The van der Waals surface area contributed by atoms with E-state index >= 15 is 0 Å². The Morgan fingerprint density at radius 1 is 1.33 bits per heavy atom. The number of hydrogen-bond donors (Lipinski definition) is 1. The molecule has 0 aliphatic heterocycles. The summed E-state index contributed by atoms with van der Waals surface area (Å²) < 4.78 is 4.70. The van der Waals surface area contributed by atoms with Crippen molar-refractivity contribution in [3.8, 4) is 0 Å². The molecule has 0 bridgehead atoms. The highest BCUT2D eigenvalue weighted by Crippen LogP contribution is 2.28. The zero-order chi connectivity index (χ0) is 14.4. The molecule has 8 heteroatoms. The summed E-state index contributed by atoms with van der Waals surface area (Å²) in [6.45, 7) is 2.65. The predicted octanol–water partition coefficient (Wildman–Crippen LogP) is 1.99. The lowest BCUT2D eigenvalue weighted by Crippen LogP contribution is -2.00. The van der Waals surface area contributed by atoms with Crippen molar-refractivity contribution in [2.24, 2.45) is 7.05 Å². The molecule has 7 nitrogen and oxygen atoms in total. The quantitative estimate of drug-likeness (QED) is 0.626. The van der Waals surface area contributed by atoms with E-state index in [0.29, 0.717) is 6.54 Å². The third-order valence-electron chi connectivity index (χ3n) is 3.33. The molecule has 0 aliphatic rings. The van der Waals surface area contributed by atoms with Gasteiger partial charge in [-0.3, -0.25) is 0 Å². The van der Waals surface area contributed by atoms with Crippen molar-refractivity contribution in [2.45, 2.75) is 13.5 Å². The van der Waals surface area contributed by atoms with E-state index in [0.717, 1.165) is 32.4 Å². The summed E-state index contributed by atoms with van der Waals surface area (Å²) in [6.07, 6.45) is 5.49. The SMILES string of the molecule is Cc1nn(C)c2nc(NCc3cnn4cccnc34)sc12. The molecule has 4 rings (SSSR count). The summed E-state index contributed by atoms with van der Waals surface area (Å²) in [5.74, 6) is 0. The van der Waals surface area contributed by atoms with E-state index in [4.69, 9.17) is 0 Å². The maximum absolute atomic E-state index is 4.57. The molecule has 0 saturated heterocycles. The molecule has 0 spiro atoms. The number of thiazole rings is 1. The van der Waals surface area contributed by atoms with E-state index in [1.165, 1.54) is 0 Å². The molecule has 0 amide bonds. The van der Waals surface area contributed by atoms with Crippen LogP contribution in [0.1, 0.15) is 11.3 Å². The Hall–Kier alpha value is -2.48. The lowest BCUT2D eigenvalue weighted by molar-refractivity contribution is 0.774. The summed E-state index contributed by atoms with van der Waals surface area (Å²) >= 11 is 1.62. The average Bonchev–Trinajstić information content (AvgIpc) is 3.14. The van der Waals surface area contributed by atoms with Gasteiger partial charge in [0.2, 0.25) is 0 Å². The number of rotatable bonds is 3. The number of nitrogens with zero attached hydrogens (tertiary/aromatic N) is 6. The van der Waals surface area contributed by atoms with Crippen molar-refractivity contribution in [1.82, 2.24) is 29.4 Å². The molecule has 0 radical (unpaired) electrons. The number of fused-ring (bicyclic) bond motifs is 2. The van der Waals surface area contributed by atoms with Crippen LogP contribution in [0, 0.1) is 6.92 Å². The number of aryl methyl sites for hydroxylation is 2. The Bertz CT molecular complexity index is 898.